The lowest BCUT2D eigenvalue weighted by atomic mass is 10.1. The molecule has 1 heterocycles. The highest BCUT2D eigenvalue weighted by molar-refractivity contribution is 9.10. The summed E-state index contributed by atoms with van der Waals surface area (Å²) in [6.07, 6.45) is 0. The van der Waals surface area contributed by atoms with Gasteiger partial charge < -0.3 is 10.1 Å². The van der Waals surface area contributed by atoms with Crippen LogP contribution in [0.25, 0.3) is 11.3 Å². The second-order valence-electron chi connectivity index (χ2n) is 3.70. The van der Waals surface area contributed by atoms with E-state index in [9.17, 15) is 0 Å². The monoisotopic (exact) mass is 307 g/mol. The zero-order chi connectivity index (χ0) is 13.0. The molecule has 0 amide bonds. The minimum atomic E-state index is 0.391. The van der Waals surface area contributed by atoms with Crippen LogP contribution in [0.5, 0.6) is 0 Å². The molecule has 0 saturated carbocycles. The molecule has 0 aliphatic heterocycles. The number of hydrogen-bond acceptors (Lipinski definition) is 4. The van der Waals surface area contributed by atoms with E-state index in [-0.39, 0.29) is 0 Å². The molecule has 0 radical (unpaired) electrons. The van der Waals surface area contributed by atoms with Gasteiger partial charge in [-0.25, -0.2) is 9.97 Å². The molecule has 0 spiro atoms. The van der Waals surface area contributed by atoms with E-state index >= 15 is 0 Å². The topological polar surface area (TPSA) is 47.0 Å². The zero-order valence-electron chi connectivity index (χ0n) is 10.3. The summed E-state index contributed by atoms with van der Waals surface area (Å²) in [5.74, 6) is 1.42. The summed E-state index contributed by atoms with van der Waals surface area (Å²) in [4.78, 5) is 8.89. The molecule has 0 unspecified atom stereocenters. The number of halogens is 1. The second-order valence-corrected chi connectivity index (χ2v) is 4.49. The van der Waals surface area contributed by atoms with E-state index in [1.807, 2.05) is 37.4 Å². The molecule has 2 rings (SSSR count). The minimum Gasteiger partial charge on any atom is -0.377 e. The van der Waals surface area contributed by atoms with Crippen LogP contribution in [0.2, 0.25) is 0 Å². The largest absolute Gasteiger partial charge is 0.377 e. The van der Waals surface area contributed by atoms with Gasteiger partial charge in [-0.3, -0.25) is 0 Å². The molecule has 4 nitrogen and oxygen atoms in total. The fourth-order valence-corrected chi connectivity index (χ4v) is 2.24. The predicted molar refractivity (Wildman–Crippen MR) is 75.4 cm³/mol. The Morgan fingerprint density at radius 1 is 1.22 bits per heavy atom. The van der Waals surface area contributed by atoms with Crippen LogP contribution in [0.4, 0.5) is 5.82 Å². The van der Waals surface area contributed by atoms with E-state index in [1.165, 1.54) is 0 Å². The Balaban J connectivity index is 2.55. The summed E-state index contributed by atoms with van der Waals surface area (Å²) >= 11 is 3.54. The Kier molecular flexibility index (Phi) is 4.28. The molecule has 18 heavy (non-hydrogen) atoms. The van der Waals surface area contributed by atoms with Crippen LogP contribution < -0.4 is 5.32 Å². The predicted octanol–water partition coefficient (Wildman–Crippen LogP) is 3.09. The number of methoxy groups -OCH3 is 1. The lowest BCUT2D eigenvalue weighted by Gasteiger charge is -2.10. The first-order valence-corrected chi connectivity index (χ1v) is 6.34. The van der Waals surface area contributed by atoms with Gasteiger partial charge in [0.25, 0.3) is 0 Å². The molecule has 1 aromatic heterocycles. The number of nitrogens with one attached hydrogen (secondary N) is 1. The van der Waals surface area contributed by atoms with Crippen molar-refractivity contribution in [3.8, 4) is 11.3 Å². The van der Waals surface area contributed by atoms with Gasteiger partial charge in [0.2, 0.25) is 0 Å². The fourth-order valence-electron chi connectivity index (χ4n) is 1.64. The van der Waals surface area contributed by atoms with Gasteiger partial charge in [-0.1, -0.05) is 30.3 Å². The van der Waals surface area contributed by atoms with Crippen molar-refractivity contribution in [1.29, 1.82) is 0 Å². The van der Waals surface area contributed by atoms with Crippen LogP contribution in [-0.2, 0) is 11.3 Å². The van der Waals surface area contributed by atoms with Crippen molar-refractivity contribution in [2.45, 2.75) is 6.61 Å². The lowest BCUT2D eigenvalue weighted by molar-refractivity contribution is 0.178. The summed E-state index contributed by atoms with van der Waals surface area (Å²) in [5, 5.41) is 3.05. The van der Waals surface area contributed by atoms with Crippen molar-refractivity contribution < 1.29 is 4.74 Å². The molecule has 1 N–H and O–H groups in total. The third-order valence-electron chi connectivity index (χ3n) is 2.45. The van der Waals surface area contributed by atoms with Crippen LogP contribution in [0.1, 0.15) is 5.82 Å². The van der Waals surface area contributed by atoms with E-state index in [4.69, 9.17) is 4.74 Å². The van der Waals surface area contributed by atoms with Crippen LogP contribution in [0, 0.1) is 0 Å². The molecular weight excluding hydrogens is 294 g/mol. The number of hydrogen-bond donors (Lipinski definition) is 1. The summed E-state index contributed by atoms with van der Waals surface area (Å²) in [5.41, 5.74) is 1.91. The molecule has 0 bridgehead atoms. The highest BCUT2D eigenvalue weighted by Gasteiger charge is 2.12. The van der Waals surface area contributed by atoms with Gasteiger partial charge in [-0.2, -0.15) is 0 Å². The molecule has 0 fully saturated rings. The van der Waals surface area contributed by atoms with Crippen molar-refractivity contribution in [2.24, 2.45) is 0 Å². The van der Waals surface area contributed by atoms with Gasteiger partial charge >= 0.3 is 0 Å². The Labute approximate surface area is 115 Å². The summed E-state index contributed by atoms with van der Waals surface area (Å²) in [6, 6.07) is 9.98. The summed E-state index contributed by atoms with van der Waals surface area (Å²) < 4.78 is 5.95. The smallest absolute Gasteiger partial charge is 0.157 e. The van der Waals surface area contributed by atoms with Crippen LogP contribution in [-0.4, -0.2) is 24.1 Å². The first kappa shape index (κ1) is 13.0. The standard InChI is InChI=1S/C13H14BrN3O/c1-15-13-11(14)12(9-6-4-3-5-7-9)16-10(17-13)8-18-2/h3-7H,8H2,1-2H3,(H,15,16,17). The van der Waals surface area contributed by atoms with Crippen LogP contribution in [0.15, 0.2) is 34.8 Å². The molecule has 0 atom stereocenters. The van der Waals surface area contributed by atoms with E-state index < -0.39 is 0 Å². The Hall–Kier alpha value is -1.46. The summed E-state index contributed by atoms with van der Waals surface area (Å²) in [6.45, 7) is 0.391. The third kappa shape index (κ3) is 2.68. The first-order chi connectivity index (χ1) is 8.76. The average Bonchev–Trinajstić information content (AvgIpc) is 2.42. The fraction of sp³-hybridized carbons (Fsp3) is 0.231. The van der Waals surface area contributed by atoms with Crippen molar-refractivity contribution in [3.63, 3.8) is 0 Å². The molecule has 0 aliphatic rings. The van der Waals surface area contributed by atoms with Gasteiger partial charge in [-0.15, -0.1) is 0 Å². The van der Waals surface area contributed by atoms with E-state index in [2.05, 4.69) is 31.2 Å². The van der Waals surface area contributed by atoms with Crippen molar-refractivity contribution in [2.75, 3.05) is 19.5 Å². The first-order valence-electron chi connectivity index (χ1n) is 5.54. The molecule has 1 aromatic carbocycles. The van der Waals surface area contributed by atoms with Crippen molar-refractivity contribution in [3.05, 3.63) is 40.6 Å². The molecular formula is C13H14BrN3O. The van der Waals surface area contributed by atoms with Gasteiger partial charge in [0.05, 0.1) is 10.2 Å². The number of aromatic nitrogens is 2. The highest BCUT2D eigenvalue weighted by Crippen LogP contribution is 2.31. The number of benzene rings is 1. The van der Waals surface area contributed by atoms with Gasteiger partial charge in [0, 0.05) is 19.7 Å². The Morgan fingerprint density at radius 3 is 2.56 bits per heavy atom. The number of ether oxygens (including phenoxy) is 1. The maximum Gasteiger partial charge on any atom is 0.157 e. The Bertz CT molecular complexity index is 531. The number of rotatable bonds is 4. The van der Waals surface area contributed by atoms with Gasteiger partial charge in [0.15, 0.2) is 5.82 Å². The van der Waals surface area contributed by atoms with Crippen LogP contribution in [0.3, 0.4) is 0 Å². The molecule has 94 valence electrons. The van der Waals surface area contributed by atoms with E-state index in [0.29, 0.717) is 12.4 Å². The van der Waals surface area contributed by atoms with E-state index in [0.717, 1.165) is 21.5 Å². The van der Waals surface area contributed by atoms with Gasteiger partial charge in [0.1, 0.15) is 12.4 Å². The number of anilines is 1. The maximum absolute atomic E-state index is 5.09. The van der Waals surface area contributed by atoms with Crippen molar-refractivity contribution in [1.82, 2.24) is 9.97 Å². The summed E-state index contributed by atoms with van der Waals surface area (Å²) in [7, 11) is 3.46. The Morgan fingerprint density at radius 2 is 1.94 bits per heavy atom. The third-order valence-corrected chi connectivity index (χ3v) is 3.21. The zero-order valence-corrected chi connectivity index (χ0v) is 11.9. The second kappa shape index (κ2) is 5.93. The lowest BCUT2D eigenvalue weighted by Crippen LogP contribution is -2.04. The molecule has 5 heteroatoms. The van der Waals surface area contributed by atoms with Crippen LogP contribution >= 0.6 is 15.9 Å². The quantitative estimate of drug-likeness (QED) is 0.943. The molecule has 2 aromatic rings. The SMILES string of the molecule is CNc1nc(COC)nc(-c2ccccc2)c1Br. The van der Waals surface area contributed by atoms with Gasteiger partial charge in [-0.05, 0) is 15.9 Å². The molecule has 0 aliphatic carbocycles. The molecule has 0 saturated heterocycles. The van der Waals surface area contributed by atoms with E-state index in [1.54, 1.807) is 7.11 Å². The normalized spacial score (nSPS) is 10.4. The van der Waals surface area contributed by atoms with Crippen molar-refractivity contribution >= 4 is 21.7 Å². The number of nitrogens with zero attached hydrogens (tertiary/aromatic N) is 2. The average molecular weight is 308 g/mol. The minimum absolute atomic E-state index is 0.391. The highest BCUT2D eigenvalue weighted by atomic mass is 79.9. The maximum atomic E-state index is 5.09.